The van der Waals surface area contributed by atoms with Crippen LogP contribution in [0.15, 0.2) is 84.4 Å². The van der Waals surface area contributed by atoms with Gasteiger partial charge in [0.15, 0.2) is 0 Å². The molecule has 34 heavy (non-hydrogen) atoms. The minimum absolute atomic E-state index is 0.0158. The standard InChI is InChI=1S/C27H26N4O2S/c32-25(15-5-2-7-17-29-26(33)20-10-3-1-4-11-20)30-22-13-9-12-21(18-22)24-19-34-27(31-24)23-14-6-8-16-28-23/h1,3-4,6,8-14,16,18-19H,2,5,7,15,17H2,(H,29,33)(H,30,32). The topological polar surface area (TPSA) is 84.0 Å². The average molecular weight is 471 g/mol. The number of carbonyl (C=O) groups is 2. The molecule has 2 N–H and O–H groups in total. The van der Waals surface area contributed by atoms with Crippen LogP contribution in [0.25, 0.3) is 22.0 Å². The number of anilines is 1. The highest BCUT2D eigenvalue weighted by molar-refractivity contribution is 7.13. The second-order valence-corrected chi connectivity index (χ2v) is 8.67. The van der Waals surface area contributed by atoms with E-state index < -0.39 is 0 Å². The molecule has 2 heterocycles. The van der Waals surface area contributed by atoms with Crippen molar-refractivity contribution in [2.75, 3.05) is 11.9 Å². The van der Waals surface area contributed by atoms with Crippen molar-refractivity contribution in [1.82, 2.24) is 15.3 Å². The summed E-state index contributed by atoms with van der Waals surface area (Å²) in [5, 5.41) is 8.76. The van der Waals surface area contributed by atoms with Crippen molar-refractivity contribution in [3.63, 3.8) is 0 Å². The van der Waals surface area contributed by atoms with Gasteiger partial charge in [-0.05, 0) is 49.2 Å². The second-order valence-electron chi connectivity index (χ2n) is 7.81. The molecule has 0 aliphatic heterocycles. The first-order chi connectivity index (χ1) is 16.7. The average Bonchev–Trinajstić information content (AvgIpc) is 3.38. The van der Waals surface area contributed by atoms with Crippen LogP contribution in [0.2, 0.25) is 0 Å². The molecule has 0 spiro atoms. The van der Waals surface area contributed by atoms with Crippen molar-refractivity contribution >= 4 is 28.8 Å². The number of aromatic nitrogens is 2. The summed E-state index contributed by atoms with van der Waals surface area (Å²) in [6, 6.07) is 22.7. The lowest BCUT2D eigenvalue weighted by Gasteiger charge is -2.07. The zero-order valence-electron chi connectivity index (χ0n) is 18.7. The molecule has 0 bridgehead atoms. The Labute approximate surface area is 203 Å². The summed E-state index contributed by atoms with van der Waals surface area (Å²) in [6.07, 6.45) is 4.68. The van der Waals surface area contributed by atoms with Gasteiger partial charge in [0.25, 0.3) is 5.91 Å². The van der Waals surface area contributed by atoms with Gasteiger partial charge in [-0.2, -0.15) is 0 Å². The normalized spacial score (nSPS) is 10.6. The second kappa shape index (κ2) is 11.9. The Morgan fingerprint density at radius 1 is 0.853 bits per heavy atom. The van der Waals surface area contributed by atoms with Crippen molar-refractivity contribution in [1.29, 1.82) is 0 Å². The van der Waals surface area contributed by atoms with Crippen molar-refractivity contribution in [3.05, 3.63) is 89.9 Å². The molecule has 2 amide bonds. The van der Waals surface area contributed by atoms with E-state index in [0.29, 0.717) is 18.5 Å². The van der Waals surface area contributed by atoms with Gasteiger partial charge in [-0.25, -0.2) is 4.98 Å². The maximum Gasteiger partial charge on any atom is 0.251 e. The number of hydrogen-bond donors (Lipinski definition) is 2. The van der Waals surface area contributed by atoms with Gasteiger partial charge in [-0.15, -0.1) is 11.3 Å². The molecule has 0 saturated carbocycles. The van der Waals surface area contributed by atoms with Gasteiger partial charge in [0.1, 0.15) is 5.01 Å². The minimum atomic E-state index is -0.0644. The summed E-state index contributed by atoms with van der Waals surface area (Å²) >= 11 is 1.55. The largest absolute Gasteiger partial charge is 0.352 e. The number of thiazole rings is 1. The lowest BCUT2D eigenvalue weighted by Crippen LogP contribution is -2.24. The van der Waals surface area contributed by atoms with E-state index in [-0.39, 0.29) is 11.8 Å². The molecule has 2 aromatic heterocycles. The molecular weight excluding hydrogens is 444 g/mol. The van der Waals surface area contributed by atoms with Gasteiger partial charge in [0.05, 0.1) is 11.4 Å². The number of carbonyl (C=O) groups excluding carboxylic acids is 2. The first-order valence-corrected chi connectivity index (χ1v) is 12.2. The molecule has 0 aliphatic rings. The molecule has 0 radical (unpaired) electrons. The molecule has 0 atom stereocenters. The fraction of sp³-hybridized carbons (Fsp3) is 0.185. The van der Waals surface area contributed by atoms with Crippen molar-refractivity contribution in [2.24, 2.45) is 0 Å². The molecule has 0 saturated heterocycles. The maximum atomic E-state index is 12.4. The van der Waals surface area contributed by atoms with Crippen LogP contribution in [0, 0.1) is 0 Å². The van der Waals surface area contributed by atoms with E-state index in [2.05, 4.69) is 15.6 Å². The molecule has 0 aliphatic carbocycles. The molecule has 4 aromatic rings. The quantitative estimate of drug-likeness (QED) is 0.287. The Bertz CT molecular complexity index is 1230. The minimum Gasteiger partial charge on any atom is -0.352 e. The number of pyridine rings is 1. The highest BCUT2D eigenvalue weighted by Gasteiger charge is 2.09. The van der Waals surface area contributed by atoms with E-state index in [0.717, 1.165) is 46.9 Å². The van der Waals surface area contributed by atoms with Crippen molar-refractivity contribution in [2.45, 2.75) is 25.7 Å². The first-order valence-electron chi connectivity index (χ1n) is 11.3. The van der Waals surface area contributed by atoms with Crippen LogP contribution in [0.1, 0.15) is 36.0 Å². The van der Waals surface area contributed by atoms with E-state index in [4.69, 9.17) is 4.98 Å². The van der Waals surface area contributed by atoms with E-state index >= 15 is 0 Å². The molecule has 7 heteroatoms. The first kappa shape index (κ1) is 23.3. The Kier molecular flexibility index (Phi) is 8.13. The van der Waals surface area contributed by atoms with E-state index in [1.165, 1.54) is 0 Å². The molecule has 2 aromatic carbocycles. The predicted molar refractivity (Wildman–Crippen MR) is 137 cm³/mol. The predicted octanol–water partition coefficient (Wildman–Crippen LogP) is 5.80. The number of benzene rings is 2. The Hall–Kier alpha value is -3.84. The van der Waals surface area contributed by atoms with E-state index in [1.807, 2.05) is 66.0 Å². The molecular formula is C27H26N4O2S. The lowest BCUT2D eigenvalue weighted by molar-refractivity contribution is -0.116. The number of nitrogens with zero attached hydrogens (tertiary/aromatic N) is 2. The number of hydrogen-bond acceptors (Lipinski definition) is 5. The van der Waals surface area contributed by atoms with Gasteiger partial charge in [0, 0.05) is 41.4 Å². The van der Waals surface area contributed by atoms with Gasteiger partial charge in [-0.3, -0.25) is 14.6 Å². The third kappa shape index (κ3) is 6.59. The molecule has 4 rings (SSSR count). The van der Waals surface area contributed by atoms with Crippen molar-refractivity contribution in [3.8, 4) is 22.0 Å². The summed E-state index contributed by atoms with van der Waals surface area (Å²) in [6.45, 7) is 0.603. The van der Waals surface area contributed by atoms with Gasteiger partial charge in [0.2, 0.25) is 5.91 Å². The van der Waals surface area contributed by atoms with Gasteiger partial charge in [-0.1, -0.05) is 42.8 Å². The third-order valence-corrected chi connectivity index (χ3v) is 6.10. The zero-order valence-corrected chi connectivity index (χ0v) is 19.6. The van der Waals surface area contributed by atoms with Crippen LogP contribution in [0.4, 0.5) is 5.69 Å². The summed E-state index contributed by atoms with van der Waals surface area (Å²) in [5.41, 5.74) is 4.08. The number of unbranched alkanes of at least 4 members (excludes halogenated alkanes) is 2. The highest BCUT2D eigenvalue weighted by Crippen LogP contribution is 2.29. The van der Waals surface area contributed by atoms with Crippen LogP contribution < -0.4 is 10.6 Å². The van der Waals surface area contributed by atoms with Crippen molar-refractivity contribution < 1.29 is 9.59 Å². The van der Waals surface area contributed by atoms with E-state index in [9.17, 15) is 9.59 Å². The molecule has 172 valence electrons. The smallest absolute Gasteiger partial charge is 0.251 e. The SMILES string of the molecule is O=C(CCCCCNC(=O)c1ccccc1)Nc1cccc(-c2csc(-c3ccccn3)n2)c1. The highest BCUT2D eigenvalue weighted by atomic mass is 32.1. The van der Waals surface area contributed by atoms with Crippen LogP contribution in [0.5, 0.6) is 0 Å². The lowest BCUT2D eigenvalue weighted by atomic mass is 10.1. The monoisotopic (exact) mass is 470 g/mol. The molecule has 6 nitrogen and oxygen atoms in total. The summed E-state index contributed by atoms with van der Waals surface area (Å²) in [5.74, 6) is -0.0802. The summed E-state index contributed by atoms with van der Waals surface area (Å²) < 4.78 is 0. The molecule has 0 fully saturated rings. The maximum absolute atomic E-state index is 12.4. The Morgan fingerprint density at radius 3 is 2.53 bits per heavy atom. The number of nitrogens with one attached hydrogen (secondary N) is 2. The summed E-state index contributed by atoms with van der Waals surface area (Å²) in [7, 11) is 0. The fourth-order valence-electron chi connectivity index (χ4n) is 3.47. The van der Waals surface area contributed by atoms with Crippen LogP contribution >= 0.6 is 11.3 Å². The zero-order chi connectivity index (χ0) is 23.6. The number of rotatable bonds is 10. The number of amides is 2. The van der Waals surface area contributed by atoms with E-state index in [1.54, 1.807) is 29.7 Å². The van der Waals surface area contributed by atoms with Gasteiger partial charge < -0.3 is 10.6 Å². The van der Waals surface area contributed by atoms with Crippen LogP contribution in [-0.2, 0) is 4.79 Å². The van der Waals surface area contributed by atoms with Crippen LogP contribution in [-0.4, -0.2) is 28.3 Å². The third-order valence-electron chi connectivity index (χ3n) is 5.23. The fourth-order valence-corrected chi connectivity index (χ4v) is 4.28. The van der Waals surface area contributed by atoms with Crippen LogP contribution in [0.3, 0.4) is 0 Å². The summed E-state index contributed by atoms with van der Waals surface area (Å²) in [4.78, 5) is 33.4. The van der Waals surface area contributed by atoms with Gasteiger partial charge >= 0.3 is 0 Å². The Morgan fingerprint density at radius 2 is 1.71 bits per heavy atom. The Balaban J connectivity index is 1.20. The molecule has 0 unspecified atom stereocenters.